The van der Waals surface area contributed by atoms with Crippen LogP contribution in [0.15, 0.2) is 24.3 Å². The second-order valence-electron chi connectivity index (χ2n) is 21.0. The van der Waals surface area contributed by atoms with E-state index in [1.807, 2.05) is 0 Å². The van der Waals surface area contributed by atoms with Crippen LogP contribution in [0.2, 0.25) is 0 Å². The van der Waals surface area contributed by atoms with Crippen molar-refractivity contribution in [3.05, 3.63) is 24.3 Å². The molecule has 1 atom stereocenters. The van der Waals surface area contributed by atoms with Gasteiger partial charge in [-0.25, -0.2) is 0 Å². The molecule has 69 heavy (non-hydrogen) atoms. The molecule has 0 N–H and O–H groups in total. The van der Waals surface area contributed by atoms with E-state index in [-0.39, 0.29) is 31.1 Å². The fourth-order valence-corrected chi connectivity index (χ4v) is 9.25. The minimum atomic E-state index is -0.769. The third-order valence-corrected chi connectivity index (χ3v) is 13.9. The van der Waals surface area contributed by atoms with Crippen LogP contribution in [0.25, 0.3) is 0 Å². The molecule has 0 aromatic rings. The number of hydrogen-bond donors (Lipinski definition) is 0. The van der Waals surface area contributed by atoms with Gasteiger partial charge in [-0.3, -0.25) is 14.4 Å². The Hall–Kier alpha value is -2.11. The summed E-state index contributed by atoms with van der Waals surface area (Å²) >= 11 is 0. The summed E-state index contributed by atoms with van der Waals surface area (Å²) in [5.74, 6) is -0.858. The van der Waals surface area contributed by atoms with Gasteiger partial charge in [-0.2, -0.15) is 0 Å². The molecule has 0 heterocycles. The van der Waals surface area contributed by atoms with Crippen molar-refractivity contribution in [3.63, 3.8) is 0 Å². The van der Waals surface area contributed by atoms with Crippen LogP contribution in [0.5, 0.6) is 0 Å². The van der Waals surface area contributed by atoms with Crippen molar-refractivity contribution in [2.24, 2.45) is 0 Å². The normalized spacial score (nSPS) is 12.1. The molecular formula is C63H118O6. The van der Waals surface area contributed by atoms with E-state index in [1.54, 1.807) is 0 Å². The van der Waals surface area contributed by atoms with Gasteiger partial charge in [0.1, 0.15) is 13.2 Å². The summed E-state index contributed by atoms with van der Waals surface area (Å²) in [6.45, 7) is 6.64. The van der Waals surface area contributed by atoms with Crippen LogP contribution in [0, 0.1) is 0 Å². The molecule has 0 fully saturated rings. The van der Waals surface area contributed by atoms with Crippen LogP contribution >= 0.6 is 0 Å². The van der Waals surface area contributed by atoms with Gasteiger partial charge in [-0.05, 0) is 64.2 Å². The highest BCUT2D eigenvalue weighted by Crippen LogP contribution is 2.17. The lowest BCUT2D eigenvalue weighted by Gasteiger charge is -2.18. The molecule has 406 valence electrons. The largest absolute Gasteiger partial charge is 0.462 e. The molecular weight excluding hydrogens is 853 g/mol. The summed E-state index contributed by atoms with van der Waals surface area (Å²) in [5.41, 5.74) is 0. The first kappa shape index (κ1) is 66.9. The lowest BCUT2D eigenvalue weighted by molar-refractivity contribution is -0.167. The quantitative estimate of drug-likeness (QED) is 0.0261. The zero-order valence-corrected chi connectivity index (χ0v) is 46.6. The SMILES string of the molecule is CCCC/C=C\CCCCCCCC(=O)OCC(COC(=O)CCCCCCCCCCCCCCCCC/C=C\CCCCCCCCCC)OC(=O)CCCCCCCCCCCCCCC. The highest BCUT2D eigenvalue weighted by Gasteiger charge is 2.19. The maximum absolute atomic E-state index is 12.8. The van der Waals surface area contributed by atoms with E-state index in [9.17, 15) is 14.4 Å². The van der Waals surface area contributed by atoms with Crippen LogP contribution in [0.4, 0.5) is 0 Å². The maximum atomic E-state index is 12.8. The number of allylic oxidation sites excluding steroid dienone is 4. The molecule has 0 aromatic carbocycles. The highest BCUT2D eigenvalue weighted by atomic mass is 16.6. The lowest BCUT2D eigenvalue weighted by atomic mass is 10.0. The van der Waals surface area contributed by atoms with Crippen molar-refractivity contribution < 1.29 is 28.6 Å². The average molecular weight is 972 g/mol. The molecule has 6 heteroatoms. The van der Waals surface area contributed by atoms with E-state index < -0.39 is 6.10 Å². The monoisotopic (exact) mass is 971 g/mol. The Labute approximate surface area is 430 Å². The van der Waals surface area contributed by atoms with Crippen LogP contribution in [-0.2, 0) is 28.6 Å². The van der Waals surface area contributed by atoms with Gasteiger partial charge in [0.2, 0.25) is 0 Å². The van der Waals surface area contributed by atoms with Crippen LogP contribution in [0.3, 0.4) is 0 Å². The number of unbranched alkanes of at least 4 members (excludes halogenated alkanes) is 42. The lowest BCUT2D eigenvalue weighted by Crippen LogP contribution is -2.30. The Morgan fingerprint density at radius 2 is 0.493 bits per heavy atom. The maximum Gasteiger partial charge on any atom is 0.306 e. The van der Waals surface area contributed by atoms with E-state index in [4.69, 9.17) is 14.2 Å². The standard InChI is InChI=1S/C63H118O6/c1-4-7-10-13-16-19-22-24-25-26-27-28-29-30-31-32-33-34-35-36-37-39-41-44-47-50-53-56-62(65)68-59-60(58-67-61(64)55-52-49-46-43-40-21-18-15-12-9-6-3)69-63(66)57-54-51-48-45-42-38-23-20-17-14-11-8-5-2/h15,18,26-27,60H,4-14,16-17,19-25,28-59H2,1-3H3/b18-15-,27-26-. The van der Waals surface area contributed by atoms with Crippen LogP contribution in [0.1, 0.15) is 342 Å². The van der Waals surface area contributed by atoms with E-state index in [0.717, 1.165) is 64.2 Å². The van der Waals surface area contributed by atoms with Gasteiger partial charge in [-0.1, -0.05) is 283 Å². The first-order chi connectivity index (χ1) is 34.0. The predicted molar refractivity (Wildman–Crippen MR) is 298 cm³/mol. The molecule has 0 aliphatic heterocycles. The number of ether oxygens (including phenoxy) is 3. The zero-order chi connectivity index (χ0) is 50.0. The summed E-state index contributed by atoms with van der Waals surface area (Å²) < 4.78 is 16.9. The number of carbonyl (C=O) groups is 3. The third kappa shape index (κ3) is 56.7. The number of carbonyl (C=O) groups excluding carboxylic acids is 3. The summed E-state index contributed by atoms with van der Waals surface area (Å²) in [6, 6.07) is 0. The minimum absolute atomic E-state index is 0.0688. The van der Waals surface area contributed by atoms with Crippen LogP contribution < -0.4 is 0 Å². The summed E-state index contributed by atoms with van der Waals surface area (Å²) in [5, 5.41) is 0. The molecule has 1 unspecified atom stereocenters. The van der Waals surface area contributed by atoms with Crippen molar-refractivity contribution in [3.8, 4) is 0 Å². The Balaban J connectivity index is 4.12. The van der Waals surface area contributed by atoms with E-state index >= 15 is 0 Å². The predicted octanol–water partition coefficient (Wildman–Crippen LogP) is 20.7. The van der Waals surface area contributed by atoms with E-state index in [1.165, 1.54) is 238 Å². The van der Waals surface area contributed by atoms with E-state index in [0.29, 0.717) is 19.3 Å². The number of esters is 3. The molecule has 0 aliphatic carbocycles. The van der Waals surface area contributed by atoms with Gasteiger partial charge in [0.05, 0.1) is 0 Å². The van der Waals surface area contributed by atoms with Crippen molar-refractivity contribution in [1.29, 1.82) is 0 Å². The first-order valence-corrected chi connectivity index (χ1v) is 30.8. The first-order valence-electron chi connectivity index (χ1n) is 30.8. The van der Waals surface area contributed by atoms with Gasteiger partial charge in [0.25, 0.3) is 0 Å². The van der Waals surface area contributed by atoms with Gasteiger partial charge < -0.3 is 14.2 Å². The second-order valence-corrected chi connectivity index (χ2v) is 21.0. The average Bonchev–Trinajstić information content (AvgIpc) is 3.35. The fourth-order valence-electron chi connectivity index (χ4n) is 9.25. The topological polar surface area (TPSA) is 78.9 Å². The summed E-state index contributed by atoms with van der Waals surface area (Å²) in [6.07, 6.45) is 69.1. The molecule has 0 bridgehead atoms. The molecule has 6 nitrogen and oxygen atoms in total. The Morgan fingerprint density at radius 1 is 0.275 bits per heavy atom. The molecule has 0 spiro atoms. The molecule has 0 amide bonds. The van der Waals surface area contributed by atoms with Gasteiger partial charge in [-0.15, -0.1) is 0 Å². The highest BCUT2D eigenvalue weighted by molar-refractivity contribution is 5.71. The number of rotatable bonds is 57. The molecule has 0 radical (unpaired) electrons. The van der Waals surface area contributed by atoms with Crippen molar-refractivity contribution in [1.82, 2.24) is 0 Å². The molecule has 0 rings (SSSR count). The zero-order valence-electron chi connectivity index (χ0n) is 46.6. The van der Waals surface area contributed by atoms with Crippen LogP contribution in [-0.4, -0.2) is 37.2 Å². The van der Waals surface area contributed by atoms with Gasteiger partial charge in [0, 0.05) is 19.3 Å². The Morgan fingerprint density at radius 3 is 0.768 bits per heavy atom. The molecule has 0 saturated heterocycles. The minimum Gasteiger partial charge on any atom is -0.462 e. The summed E-state index contributed by atoms with van der Waals surface area (Å²) in [7, 11) is 0. The van der Waals surface area contributed by atoms with E-state index in [2.05, 4.69) is 45.1 Å². The molecule has 0 aromatic heterocycles. The van der Waals surface area contributed by atoms with Gasteiger partial charge >= 0.3 is 17.9 Å². The second kappa shape index (κ2) is 58.5. The summed E-state index contributed by atoms with van der Waals surface area (Å²) in [4.78, 5) is 38.1. The number of hydrogen-bond acceptors (Lipinski definition) is 6. The van der Waals surface area contributed by atoms with Crippen molar-refractivity contribution in [2.75, 3.05) is 13.2 Å². The molecule has 0 saturated carbocycles. The third-order valence-electron chi connectivity index (χ3n) is 13.9. The fraction of sp³-hybridized carbons (Fsp3) is 0.889. The van der Waals surface area contributed by atoms with Crippen molar-refractivity contribution >= 4 is 17.9 Å². The smallest absolute Gasteiger partial charge is 0.306 e. The Bertz CT molecular complexity index is 1110. The molecule has 0 aliphatic rings. The van der Waals surface area contributed by atoms with Crippen molar-refractivity contribution in [2.45, 2.75) is 348 Å². The van der Waals surface area contributed by atoms with Gasteiger partial charge in [0.15, 0.2) is 6.10 Å². The Kier molecular flexibility index (Phi) is 56.7.